The number of nitrogens with zero attached hydrogens (tertiary/aromatic N) is 1. The zero-order chi connectivity index (χ0) is 16.1. The average molecular weight is 309 g/mol. The summed E-state index contributed by atoms with van der Waals surface area (Å²) in [5, 5.41) is 0. The van der Waals surface area contributed by atoms with Gasteiger partial charge in [-0.05, 0) is 37.3 Å². The third-order valence-corrected chi connectivity index (χ3v) is 3.11. The summed E-state index contributed by atoms with van der Waals surface area (Å²) in [4.78, 5) is 15.9. The molecule has 23 heavy (non-hydrogen) atoms. The first-order valence-corrected chi connectivity index (χ1v) is 7.21. The second-order valence-electron chi connectivity index (χ2n) is 4.71. The van der Waals surface area contributed by atoms with Gasteiger partial charge in [-0.15, -0.1) is 0 Å². The van der Waals surface area contributed by atoms with Crippen LogP contribution in [0, 0.1) is 0 Å². The third-order valence-electron chi connectivity index (χ3n) is 3.11. The van der Waals surface area contributed by atoms with E-state index in [2.05, 4.69) is 4.98 Å². The minimum atomic E-state index is -0.399. The van der Waals surface area contributed by atoms with Crippen molar-refractivity contribution in [3.8, 4) is 23.0 Å². The lowest BCUT2D eigenvalue weighted by molar-refractivity contribution is 0.0526. The van der Waals surface area contributed by atoms with Crippen molar-refractivity contribution in [2.45, 2.75) is 6.92 Å². The fourth-order valence-electron chi connectivity index (χ4n) is 2.08. The molecule has 0 fully saturated rings. The summed E-state index contributed by atoms with van der Waals surface area (Å²) in [6.45, 7) is 2.08. The number of hydrogen-bond donors (Lipinski definition) is 0. The van der Waals surface area contributed by atoms with Crippen molar-refractivity contribution in [2.24, 2.45) is 0 Å². The van der Waals surface area contributed by atoms with Crippen LogP contribution in [0.1, 0.15) is 17.3 Å². The summed E-state index contributed by atoms with van der Waals surface area (Å²) < 4.78 is 16.1. The molecule has 0 aliphatic rings. The van der Waals surface area contributed by atoms with Crippen LogP contribution in [0.3, 0.4) is 0 Å². The summed E-state index contributed by atoms with van der Waals surface area (Å²) in [6, 6.07) is 14.3. The highest BCUT2D eigenvalue weighted by molar-refractivity contribution is 5.89. The quantitative estimate of drug-likeness (QED) is 0.657. The molecule has 5 nitrogen and oxygen atoms in total. The Morgan fingerprint density at radius 2 is 2.09 bits per heavy atom. The topological polar surface area (TPSA) is 61.6 Å². The largest absolute Gasteiger partial charge is 0.464 e. The summed E-state index contributed by atoms with van der Waals surface area (Å²) in [5.41, 5.74) is 1.30. The van der Waals surface area contributed by atoms with E-state index in [9.17, 15) is 4.79 Å². The van der Waals surface area contributed by atoms with Crippen LogP contribution in [0.25, 0.3) is 11.3 Å². The van der Waals surface area contributed by atoms with Gasteiger partial charge in [-0.2, -0.15) is 0 Å². The third kappa shape index (κ3) is 3.58. The molecule has 3 rings (SSSR count). The van der Waals surface area contributed by atoms with Crippen LogP contribution in [0.5, 0.6) is 11.6 Å². The maximum atomic E-state index is 11.7. The van der Waals surface area contributed by atoms with Crippen LogP contribution in [0.4, 0.5) is 0 Å². The average Bonchev–Trinajstić information content (AvgIpc) is 3.10. The summed E-state index contributed by atoms with van der Waals surface area (Å²) in [5.74, 6) is 1.28. The smallest absolute Gasteiger partial charge is 0.338 e. The second-order valence-corrected chi connectivity index (χ2v) is 4.71. The lowest BCUT2D eigenvalue weighted by Crippen LogP contribution is -2.04. The zero-order valence-corrected chi connectivity index (χ0v) is 12.6. The lowest BCUT2D eigenvalue weighted by atomic mass is 10.1. The number of carbonyl (C=O) groups is 1. The van der Waals surface area contributed by atoms with Crippen molar-refractivity contribution >= 4 is 5.97 Å². The van der Waals surface area contributed by atoms with Crippen LogP contribution in [-0.2, 0) is 4.74 Å². The van der Waals surface area contributed by atoms with Crippen LogP contribution in [0.2, 0.25) is 0 Å². The number of rotatable bonds is 5. The van der Waals surface area contributed by atoms with E-state index in [1.807, 2.05) is 36.4 Å². The van der Waals surface area contributed by atoms with E-state index in [1.54, 1.807) is 25.3 Å². The molecule has 0 atom stereocenters. The van der Waals surface area contributed by atoms with Gasteiger partial charge < -0.3 is 13.9 Å². The molecule has 0 spiro atoms. The lowest BCUT2D eigenvalue weighted by Gasteiger charge is -2.07. The molecule has 0 radical (unpaired) electrons. The predicted molar refractivity (Wildman–Crippen MR) is 84.4 cm³/mol. The molecule has 0 amide bonds. The molecule has 3 aromatic rings. The maximum Gasteiger partial charge on any atom is 0.338 e. The van der Waals surface area contributed by atoms with Crippen LogP contribution >= 0.6 is 0 Å². The number of furan rings is 1. The molecule has 1 aromatic carbocycles. The van der Waals surface area contributed by atoms with Gasteiger partial charge >= 0.3 is 5.97 Å². The van der Waals surface area contributed by atoms with Gasteiger partial charge in [0.15, 0.2) is 0 Å². The molecule has 2 aromatic heterocycles. The monoisotopic (exact) mass is 309 g/mol. The number of ether oxygens (including phenoxy) is 2. The summed E-state index contributed by atoms with van der Waals surface area (Å²) in [7, 11) is 0. The van der Waals surface area contributed by atoms with E-state index in [0.717, 1.165) is 11.3 Å². The van der Waals surface area contributed by atoms with Gasteiger partial charge in [0.05, 0.1) is 18.4 Å². The van der Waals surface area contributed by atoms with Gasteiger partial charge in [-0.25, -0.2) is 9.78 Å². The van der Waals surface area contributed by atoms with Gasteiger partial charge in [0, 0.05) is 17.8 Å². The number of carbonyl (C=O) groups excluding carboxylic acids is 1. The first-order chi connectivity index (χ1) is 11.3. The molecule has 0 N–H and O–H groups in total. The Labute approximate surface area is 133 Å². The highest BCUT2D eigenvalue weighted by Gasteiger charge is 2.09. The Balaban J connectivity index is 1.81. The van der Waals surface area contributed by atoms with Crippen molar-refractivity contribution in [1.82, 2.24) is 4.98 Å². The van der Waals surface area contributed by atoms with Crippen molar-refractivity contribution in [2.75, 3.05) is 6.61 Å². The van der Waals surface area contributed by atoms with Crippen molar-refractivity contribution in [3.63, 3.8) is 0 Å². The molecule has 0 saturated carbocycles. The Hall–Kier alpha value is -3.08. The molecule has 0 bridgehead atoms. The summed E-state index contributed by atoms with van der Waals surface area (Å²) in [6.07, 6.45) is 3.13. The van der Waals surface area contributed by atoms with Crippen molar-refractivity contribution < 1.29 is 18.7 Å². The van der Waals surface area contributed by atoms with E-state index in [1.165, 1.54) is 6.20 Å². The fourth-order valence-corrected chi connectivity index (χ4v) is 2.08. The number of hydrogen-bond acceptors (Lipinski definition) is 5. The standard InChI is InChI=1S/C18H15NO4/c1-2-21-18(20)14-8-9-19-17(12-14)23-15-6-3-5-13(11-15)16-7-4-10-22-16/h3-12H,2H2,1H3. The first kappa shape index (κ1) is 14.8. The second kappa shape index (κ2) is 6.79. The SMILES string of the molecule is CCOC(=O)c1ccnc(Oc2cccc(-c3ccco3)c2)c1. The van der Waals surface area contributed by atoms with Gasteiger partial charge in [0.25, 0.3) is 0 Å². The van der Waals surface area contributed by atoms with Crippen molar-refractivity contribution in [3.05, 3.63) is 66.6 Å². The molecule has 0 aliphatic heterocycles. The van der Waals surface area contributed by atoms with Gasteiger partial charge in [-0.1, -0.05) is 12.1 Å². The predicted octanol–water partition coefficient (Wildman–Crippen LogP) is 4.31. The van der Waals surface area contributed by atoms with E-state index in [-0.39, 0.29) is 0 Å². The molecule has 0 unspecified atom stereocenters. The molecule has 5 heteroatoms. The summed E-state index contributed by atoms with van der Waals surface area (Å²) >= 11 is 0. The van der Waals surface area contributed by atoms with Gasteiger partial charge in [-0.3, -0.25) is 0 Å². The normalized spacial score (nSPS) is 10.3. The van der Waals surface area contributed by atoms with E-state index < -0.39 is 5.97 Å². The van der Waals surface area contributed by atoms with Gasteiger partial charge in [0.1, 0.15) is 11.5 Å². The molecule has 0 aliphatic carbocycles. The number of aromatic nitrogens is 1. The molecular weight excluding hydrogens is 294 g/mol. The highest BCUT2D eigenvalue weighted by atomic mass is 16.5. The van der Waals surface area contributed by atoms with Crippen molar-refractivity contribution in [1.29, 1.82) is 0 Å². The number of pyridine rings is 1. The molecule has 2 heterocycles. The maximum absolute atomic E-state index is 11.7. The molecular formula is C18H15NO4. The Morgan fingerprint density at radius 3 is 2.87 bits per heavy atom. The Bertz CT molecular complexity index is 796. The Morgan fingerprint density at radius 1 is 1.17 bits per heavy atom. The van der Waals surface area contributed by atoms with Crippen LogP contribution in [-0.4, -0.2) is 17.6 Å². The van der Waals surface area contributed by atoms with Crippen LogP contribution < -0.4 is 4.74 Å². The minimum Gasteiger partial charge on any atom is -0.464 e. The molecule has 116 valence electrons. The van der Waals surface area contributed by atoms with E-state index in [4.69, 9.17) is 13.9 Å². The highest BCUT2D eigenvalue weighted by Crippen LogP contribution is 2.27. The molecule has 0 saturated heterocycles. The van der Waals surface area contributed by atoms with E-state index in [0.29, 0.717) is 23.8 Å². The zero-order valence-electron chi connectivity index (χ0n) is 12.6. The Kier molecular flexibility index (Phi) is 4.38. The number of benzene rings is 1. The van der Waals surface area contributed by atoms with E-state index >= 15 is 0 Å². The van der Waals surface area contributed by atoms with Crippen LogP contribution in [0.15, 0.2) is 65.4 Å². The fraction of sp³-hybridized carbons (Fsp3) is 0.111. The first-order valence-electron chi connectivity index (χ1n) is 7.21. The number of esters is 1. The minimum absolute atomic E-state index is 0.322. The van der Waals surface area contributed by atoms with Gasteiger partial charge in [0.2, 0.25) is 5.88 Å².